The van der Waals surface area contributed by atoms with Crippen molar-refractivity contribution in [3.05, 3.63) is 54.1 Å². The number of likely N-dealkylation sites (tertiary alicyclic amines) is 1. The lowest BCUT2D eigenvalue weighted by Gasteiger charge is -2.31. The number of nitrogens with zero attached hydrogens (tertiary/aromatic N) is 3. The third kappa shape index (κ3) is 12.6. The Kier molecular flexibility index (Phi) is 13.8. The third-order valence-corrected chi connectivity index (χ3v) is 7.57. The molecule has 5 amide bonds. The monoisotopic (exact) mass is 622 g/mol. The Labute approximate surface area is 265 Å². The maximum absolute atomic E-state index is 13.4. The van der Waals surface area contributed by atoms with E-state index in [-0.39, 0.29) is 44.4 Å². The normalized spacial score (nSPS) is 13.2. The van der Waals surface area contributed by atoms with Crippen LogP contribution in [0.5, 0.6) is 0 Å². The first-order chi connectivity index (χ1) is 21.5. The molecule has 1 saturated heterocycles. The van der Waals surface area contributed by atoms with Crippen molar-refractivity contribution in [2.75, 3.05) is 61.8 Å². The number of rotatable bonds is 15. The SMILES string of the molecule is Cc1ccccc1NC(=O)Nc1ccc(NC(=O)CN(CCC(C)C)C(=O)CN(CCC(=O)O)C(=O)CN2CCCCC2)cc1. The van der Waals surface area contributed by atoms with Gasteiger partial charge in [0.2, 0.25) is 17.7 Å². The predicted octanol–water partition coefficient (Wildman–Crippen LogP) is 4.24. The van der Waals surface area contributed by atoms with E-state index in [0.717, 1.165) is 37.9 Å². The van der Waals surface area contributed by atoms with Gasteiger partial charge in [-0.05, 0) is 81.1 Å². The van der Waals surface area contributed by atoms with Gasteiger partial charge in [-0.1, -0.05) is 38.5 Å². The number of aliphatic carboxylic acids is 1. The van der Waals surface area contributed by atoms with Crippen LogP contribution in [0.25, 0.3) is 0 Å². The van der Waals surface area contributed by atoms with Crippen molar-refractivity contribution in [1.29, 1.82) is 0 Å². The molecule has 45 heavy (non-hydrogen) atoms. The molecule has 2 aromatic rings. The molecule has 0 saturated carbocycles. The van der Waals surface area contributed by atoms with E-state index >= 15 is 0 Å². The summed E-state index contributed by atoms with van der Waals surface area (Å²) in [6.07, 6.45) is 3.50. The number of aryl methyl sites for hydroxylation is 1. The van der Waals surface area contributed by atoms with Gasteiger partial charge < -0.3 is 30.9 Å². The summed E-state index contributed by atoms with van der Waals surface area (Å²) in [4.78, 5) is 68.0. The van der Waals surface area contributed by atoms with Crippen molar-refractivity contribution in [3.63, 3.8) is 0 Å². The summed E-state index contributed by atoms with van der Waals surface area (Å²) in [6.45, 7) is 7.37. The second-order valence-electron chi connectivity index (χ2n) is 11.8. The Morgan fingerprint density at radius 2 is 1.42 bits per heavy atom. The van der Waals surface area contributed by atoms with E-state index in [4.69, 9.17) is 0 Å². The summed E-state index contributed by atoms with van der Waals surface area (Å²) < 4.78 is 0. The topological polar surface area (TPSA) is 151 Å². The Morgan fingerprint density at radius 1 is 0.800 bits per heavy atom. The van der Waals surface area contributed by atoms with Crippen molar-refractivity contribution in [2.24, 2.45) is 5.92 Å². The summed E-state index contributed by atoms with van der Waals surface area (Å²) in [5.74, 6) is -1.90. The number of nitrogens with one attached hydrogen (secondary N) is 3. The van der Waals surface area contributed by atoms with Gasteiger partial charge in [0.1, 0.15) is 0 Å². The fourth-order valence-corrected chi connectivity index (χ4v) is 4.91. The highest BCUT2D eigenvalue weighted by molar-refractivity contribution is 6.00. The van der Waals surface area contributed by atoms with Crippen LogP contribution in [-0.2, 0) is 19.2 Å². The zero-order valence-electron chi connectivity index (χ0n) is 26.5. The lowest BCUT2D eigenvalue weighted by Crippen LogP contribution is -2.49. The molecule has 0 radical (unpaired) electrons. The number of carbonyl (C=O) groups is 5. The molecule has 12 nitrogen and oxygen atoms in total. The first-order valence-corrected chi connectivity index (χ1v) is 15.5. The van der Waals surface area contributed by atoms with Crippen LogP contribution in [-0.4, -0.2) is 95.3 Å². The minimum absolute atomic E-state index is 0.0820. The number of carbonyl (C=O) groups excluding carboxylic acids is 4. The van der Waals surface area contributed by atoms with Gasteiger partial charge in [-0.15, -0.1) is 0 Å². The zero-order valence-corrected chi connectivity index (χ0v) is 26.5. The van der Waals surface area contributed by atoms with Gasteiger partial charge in [-0.3, -0.25) is 24.1 Å². The Hall–Kier alpha value is -4.45. The summed E-state index contributed by atoms with van der Waals surface area (Å²) in [5.41, 5.74) is 2.65. The predicted molar refractivity (Wildman–Crippen MR) is 174 cm³/mol. The van der Waals surface area contributed by atoms with Gasteiger partial charge in [0.15, 0.2) is 0 Å². The standard InChI is InChI=1S/C33H46N6O6/c1-24(2)15-19-38(31(42)23-39(20-16-32(43)44)30(41)22-37-17-7-4-8-18-37)21-29(40)34-26-11-13-27(14-12-26)35-33(45)36-28-10-6-5-9-25(28)3/h5-6,9-14,24H,4,7-8,15-23H2,1-3H3,(H,34,40)(H,43,44)(H2,35,36,45). The van der Waals surface area contributed by atoms with Gasteiger partial charge in [-0.25, -0.2) is 4.79 Å². The number of amides is 5. The number of piperidine rings is 1. The molecule has 12 heteroatoms. The van der Waals surface area contributed by atoms with Crippen molar-refractivity contribution < 1.29 is 29.1 Å². The van der Waals surface area contributed by atoms with E-state index in [1.807, 2.05) is 49.9 Å². The Bertz CT molecular complexity index is 1310. The smallest absolute Gasteiger partial charge is 0.323 e. The second kappa shape index (κ2) is 17.7. The Balaban J connectivity index is 1.59. The van der Waals surface area contributed by atoms with Crippen LogP contribution in [0.2, 0.25) is 0 Å². The lowest BCUT2D eigenvalue weighted by atomic mass is 10.1. The fourth-order valence-electron chi connectivity index (χ4n) is 4.91. The van der Waals surface area contributed by atoms with Crippen LogP contribution < -0.4 is 16.0 Å². The average molecular weight is 623 g/mol. The van der Waals surface area contributed by atoms with E-state index < -0.39 is 23.8 Å². The first kappa shape index (κ1) is 35.0. The maximum atomic E-state index is 13.4. The lowest BCUT2D eigenvalue weighted by molar-refractivity contribution is -0.144. The van der Waals surface area contributed by atoms with Gasteiger partial charge in [0, 0.05) is 30.2 Å². The molecular formula is C33H46N6O6. The summed E-state index contributed by atoms with van der Waals surface area (Å²) >= 11 is 0. The number of carboxylic acids is 1. The molecule has 4 N–H and O–H groups in total. The molecule has 244 valence electrons. The van der Waals surface area contributed by atoms with E-state index in [1.54, 1.807) is 24.3 Å². The largest absolute Gasteiger partial charge is 0.481 e. The molecule has 2 aromatic carbocycles. The maximum Gasteiger partial charge on any atom is 0.323 e. The second-order valence-corrected chi connectivity index (χ2v) is 11.8. The van der Waals surface area contributed by atoms with Gasteiger partial charge in [-0.2, -0.15) is 0 Å². The van der Waals surface area contributed by atoms with Gasteiger partial charge in [0.25, 0.3) is 0 Å². The van der Waals surface area contributed by atoms with Crippen molar-refractivity contribution >= 4 is 46.8 Å². The summed E-state index contributed by atoms with van der Waals surface area (Å²) in [7, 11) is 0. The first-order valence-electron chi connectivity index (χ1n) is 15.5. The molecule has 0 aliphatic carbocycles. The molecule has 0 unspecified atom stereocenters. The summed E-state index contributed by atoms with van der Waals surface area (Å²) in [6, 6.07) is 13.6. The zero-order chi connectivity index (χ0) is 32.8. The number of benzene rings is 2. The third-order valence-electron chi connectivity index (χ3n) is 7.57. The van der Waals surface area contributed by atoms with E-state index in [0.29, 0.717) is 30.0 Å². The molecule has 0 aromatic heterocycles. The van der Waals surface area contributed by atoms with Crippen LogP contribution >= 0.6 is 0 Å². The molecule has 0 atom stereocenters. The van der Waals surface area contributed by atoms with E-state index in [1.165, 1.54) is 9.80 Å². The molecule has 0 bridgehead atoms. The minimum atomic E-state index is -1.05. The number of urea groups is 1. The van der Waals surface area contributed by atoms with Crippen LogP contribution in [0, 0.1) is 12.8 Å². The van der Waals surface area contributed by atoms with Crippen LogP contribution in [0.3, 0.4) is 0 Å². The van der Waals surface area contributed by atoms with Gasteiger partial charge >= 0.3 is 12.0 Å². The van der Waals surface area contributed by atoms with E-state index in [9.17, 15) is 29.1 Å². The highest BCUT2D eigenvalue weighted by atomic mass is 16.4. The molecule has 1 fully saturated rings. The quantitative estimate of drug-likeness (QED) is 0.232. The van der Waals surface area contributed by atoms with Crippen molar-refractivity contribution in [2.45, 2.75) is 52.9 Å². The van der Waals surface area contributed by atoms with Crippen LogP contribution in [0.1, 0.15) is 51.5 Å². The Morgan fingerprint density at radius 3 is 2.04 bits per heavy atom. The molecule has 1 heterocycles. The number of carboxylic acid groups (broad SMARTS) is 1. The molecule has 1 aliphatic rings. The average Bonchev–Trinajstić information content (AvgIpc) is 2.99. The number of anilines is 3. The highest BCUT2D eigenvalue weighted by Crippen LogP contribution is 2.17. The molecule has 1 aliphatic heterocycles. The van der Waals surface area contributed by atoms with Crippen LogP contribution in [0.15, 0.2) is 48.5 Å². The van der Waals surface area contributed by atoms with Crippen LogP contribution in [0.4, 0.5) is 21.9 Å². The number of hydrogen-bond acceptors (Lipinski definition) is 6. The number of para-hydroxylation sites is 1. The van der Waals surface area contributed by atoms with Crippen molar-refractivity contribution in [1.82, 2.24) is 14.7 Å². The fraction of sp³-hybridized carbons (Fsp3) is 0.485. The number of hydrogen-bond donors (Lipinski definition) is 4. The van der Waals surface area contributed by atoms with Gasteiger partial charge in [0.05, 0.1) is 26.1 Å². The molecule has 0 spiro atoms. The molecular weight excluding hydrogens is 576 g/mol. The van der Waals surface area contributed by atoms with Crippen molar-refractivity contribution in [3.8, 4) is 0 Å². The molecule has 3 rings (SSSR count). The minimum Gasteiger partial charge on any atom is -0.481 e. The summed E-state index contributed by atoms with van der Waals surface area (Å²) in [5, 5.41) is 17.6. The van der Waals surface area contributed by atoms with E-state index in [2.05, 4.69) is 16.0 Å². The highest BCUT2D eigenvalue weighted by Gasteiger charge is 2.25.